The highest BCUT2D eigenvalue weighted by atomic mass is 35.5. The maximum Gasteiger partial charge on any atom is 0.267 e. The van der Waals surface area contributed by atoms with Gasteiger partial charge >= 0.3 is 0 Å². The molecule has 0 atom stereocenters. The number of carbonyl (C=O) groups is 1. The number of nitrogens with zero attached hydrogens (tertiary/aromatic N) is 3. The van der Waals surface area contributed by atoms with Gasteiger partial charge in [0.15, 0.2) is 10.9 Å². The number of fused-ring (bicyclic) bond motifs is 1. The van der Waals surface area contributed by atoms with Gasteiger partial charge < -0.3 is 4.42 Å². The van der Waals surface area contributed by atoms with E-state index in [-0.39, 0.29) is 5.91 Å². The van der Waals surface area contributed by atoms with Gasteiger partial charge in [0.05, 0.1) is 11.4 Å². The van der Waals surface area contributed by atoms with Crippen LogP contribution in [0.3, 0.4) is 0 Å². The number of hydrogen-bond donors (Lipinski definition) is 0. The lowest BCUT2D eigenvalue weighted by molar-refractivity contribution is -0.122. The molecule has 0 saturated carbocycles. The first kappa shape index (κ1) is 22.2. The van der Waals surface area contributed by atoms with Crippen LogP contribution in [0.5, 0.6) is 0 Å². The van der Waals surface area contributed by atoms with Crippen molar-refractivity contribution in [1.82, 2.24) is 4.90 Å². The molecule has 1 fully saturated rings. The Balaban J connectivity index is 1.47. The van der Waals surface area contributed by atoms with Crippen molar-refractivity contribution in [2.45, 2.75) is 13.5 Å². The van der Waals surface area contributed by atoms with Crippen molar-refractivity contribution < 1.29 is 9.21 Å². The van der Waals surface area contributed by atoms with Crippen LogP contribution in [0.2, 0.25) is 5.02 Å². The molecule has 0 radical (unpaired) electrons. The summed E-state index contributed by atoms with van der Waals surface area (Å²) in [4.78, 5) is 15.5. The minimum atomic E-state index is -0.112. The summed E-state index contributed by atoms with van der Waals surface area (Å²) >= 11 is 7.30. The van der Waals surface area contributed by atoms with E-state index in [1.807, 2.05) is 85.8 Å². The molecule has 1 saturated heterocycles. The molecule has 2 heterocycles. The lowest BCUT2D eigenvalue weighted by Gasteiger charge is -2.14. The predicted molar refractivity (Wildman–Crippen MR) is 140 cm³/mol. The number of thioether (sulfide) groups is 1. The Bertz CT molecular complexity index is 1410. The molecular formula is C27H20ClN3O2S. The maximum atomic E-state index is 13.3. The third-order valence-electron chi connectivity index (χ3n) is 5.31. The molecular weight excluding hydrogens is 466 g/mol. The first-order valence-electron chi connectivity index (χ1n) is 10.7. The van der Waals surface area contributed by atoms with Crippen LogP contribution in [-0.2, 0) is 11.3 Å². The highest BCUT2D eigenvalue weighted by Gasteiger charge is 2.33. The molecule has 1 aliphatic rings. The van der Waals surface area contributed by atoms with E-state index >= 15 is 0 Å². The van der Waals surface area contributed by atoms with E-state index in [0.717, 1.165) is 22.1 Å². The van der Waals surface area contributed by atoms with Crippen LogP contribution in [0.15, 0.2) is 104 Å². The van der Waals surface area contributed by atoms with Crippen LogP contribution in [0.4, 0.5) is 0 Å². The van der Waals surface area contributed by atoms with Crippen LogP contribution in [0, 0.1) is 0 Å². The van der Waals surface area contributed by atoms with E-state index in [1.165, 1.54) is 11.8 Å². The van der Waals surface area contributed by atoms with Crippen LogP contribution < -0.4 is 0 Å². The summed E-state index contributed by atoms with van der Waals surface area (Å²) < 4.78 is 5.89. The molecule has 1 aromatic heterocycles. The number of para-hydroxylation sites is 1. The summed E-state index contributed by atoms with van der Waals surface area (Å²) in [5, 5.41) is 11.0. The fourth-order valence-electron chi connectivity index (χ4n) is 3.53. The summed E-state index contributed by atoms with van der Waals surface area (Å²) in [6.45, 7) is 2.25. The zero-order valence-corrected chi connectivity index (χ0v) is 19.9. The van der Waals surface area contributed by atoms with E-state index in [2.05, 4.69) is 10.2 Å². The highest BCUT2D eigenvalue weighted by Crippen LogP contribution is 2.34. The molecule has 1 amide bonds. The standard InChI is InChI=1S/C27H20ClN3O2S/c1-18(24-16-21-9-5-6-10-23(21)33-24)29-30-27-31(17-20-7-3-2-4-8-20)26(32)25(34-27)15-19-11-13-22(28)14-12-19/h2-16H,17H2,1H3/b25-15+,29-18+,30-27+. The first-order valence-corrected chi connectivity index (χ1v) is 11.9. The zero-order chi connectivity index (χ0) is 23.5. The third kappa shape index (κ3) is 4.83. The number of rotatable bonds is 5. The summed E-state index contributed by atoms with van der Waals surface area (Å²) in [5.74, 6) is 0.533. The first-order chi connectivity index (χ1) is 16.6. The SMILES string of the molecule is C/C(=N\N=C1\S/C(=C/c2ccc(Cl)cc2)C(=O)N1Cc1ccccc1)c1cc2ccccc2o1. The molecule has 5 nitrogen and oxygen atoms in total. The Morgan fingerprint density at radius 1 is 1.03 bits per heavy atom. The van der Waals surface area contributed by atoms with Gasteiger partial charge in [0, 0.05) is 10.4 Å². The quantitative estimate of drug-likeness (QED) is 0.174. The molecule has 7 heteroatoms. The molecule has 0 N–H and O–H groups in total. The Kier molecular flexibility index (Phi) is 6.34. The maximum absolute atomic E-state index is 13.3. The van der Waals surface area contributed by atoms with Crippen molar-refractivity contribution in [3.63, 3.8) is 0 Å². The average molecular weight is 486 g/mol. The summed E-state index contributed by atoms with van der Waals surface area (Å²) in [6, 6.07) is 26.9. The average Bonchev–Trinajstić information content (AvgIpc) is 3.42. The van der Waals surface area contributed by atoms with Gasteiger partial charge in [0.1, 0.15) is 11.3 Å². The van der Waals surface area contributed by atoms with E-state index < -0.39 is 0 Å². The van der Waals surface area contributed by atoms with Crippen molar-refractivity contribution in [3.8, 4) is 0 Å². The fourth-order valence-corrected chi connectivity index (χ4v) is 4.58. The highest BCUT2D eigenvalue weighted by molar-refractivity contribution is 8.18. The molecule has 1 aliphatic heterocycles. The number of furan rings is 1. The smallest absolute Gasteiger partial charge is 0.267 e. The predicted octanol–water partition coefficient (Wildman–Crippen LogP) is 6.98. The molecule has 4 aromatic rings. The minimum Gasteiger partial charge on any atom is -0.455 e. The van der Waals surface area contributed by atoms with Gasteiger partial charge in [-0.2, -0.15) is 0 Å². The summed E-state index contributed by atoms with van der Waals surface area (Å²) in [7, 11) is 0. The normalized spacial score (nSPS) is 16.8. The molecule has 0 unspecified atom stereocenters. The van der Waals surface area contributed by atoms with Crippen LogP contribution in [-0.4, -0.2) is 21.7 Å². The van der Waals surface area contributed by atoms with Crippen LogP contribution >= 0.6 is 23.4 Å². The number of halogens is 1. The molecule has 34 heavy (non-hydrogen) atoms. The van der Waals surface area contributed by atoms with Gasteiger partial charge in [-0.25, -0.2) is 0 Å². The summed E-state index contributed by atoms with van der Waals surface area (Å²) in [6.07, 6.45) is 1.85. The Hall–Kier alpha value is -3.61. The van der Waals surface area contributed by atoms with Gasteiger partial charge in [-0.05, 0) is 60.2 Å². The van der Waals surface area contributed by atoms with Crippen LogP contribution in [0.1, 0.15) is 23.8 Å². The molecule has 3 aromatic carbocycles. The molecule has 0 bridgehead atoms. The van der Waals surface area contributed by atoms with Gasteiger partial charge in [-0.3, -0.25) is 9.69 Å². The minimum absolute atomic E-state index is 0.112. The van der Waals surface area contributed by atoms with E-state index in [9.17, 15) is 4.79 Å². The lowest BCUT2D eigenvalue weighted by atomic mass is 10.2. The molecule has 0 spiro atoms. The third-order valence-corrected chi connectivity index (χ3v) is 6.56. The second-order valence-corrected chi connectivity index (χ2v) is 9.20. The number of amides is 1. The van der Waals surface area contributed by atoms with E-state index in [1.54, 1.807) is 17.0 Å². The monoisotopic (exact) mass is 485 g/mol. The Morgan fingerprint density at radius 3 is 2.53 bits per heavy atom. The number of hydrogen-bond acceptors (Lipinski definition) is 5. The molecule has 5 rings (SSSR count). The van der Waals surface area contributed by atoms with Gasteiger partial charge in [0.2, 0.25) is 0 Å². The summed E-state index contributed by atoms with van der Waals surface area (Å²) in [5.41, 5.74) is 3.33. The second kappa shape index (κ2) is 9.71. The van der Waals surface area contributed by atoms with Crippen molar-refractivity contribution in [2.24, 2.45) is 10.2 Å². The second-order valence-electron chi connectivity index (χ2n) is 7.76. The van der Waals surface area contributed by atoms with E-state index in [4.69, 9.17) is 16.0 Å². The van der Waals surface area contributed by atoms with Crippen molar-refractivity contribution in [1.29, 1.82) is 0 Å². The molecule has 0 aliphatic carbocycles. The Labute approximate surface area is 206 Å². The zero-order valence-electron chi connectivity index (χ0n) is 18.3. The molecule has 168 valence electrons. The van der Waals surface area contributed by atoms with E-state index in [0.29, 0.717) is 33.1 Å². The van der Waals surface area contributed by atoms with Gasteiger partial charge in [0.25, 0.3) is 5.91 Å². The number of amidine groups is 1. The Morgan fingerprint density at radius 2 is 1.76 bits per heavy atom. The largest absolute Gasteiger partial charge is 0.455 e. The topological polar surface area (TPSA) is 58.2 Å². The fraction of sp³-hybridized carbons (Fsp3) is 0.0741. The van der Waals surface area contributed by atoms with Crippen LogP contribution in [0.25, 0.3) is 17.0 Å². The number of benzene rings is 3. The number of carbonyl (C=O) groups excluding carboxylic acids is 1. The van der Waals surface area contributed by atoms with Gasteiger partial charge in [-0.1, -0.05) is 72.3 Å². The van der Waals surface area contributed by atoms with Gasteiger partial charge in [-0.15, -0.1) is 10.2 Å². The van der Waals surface area contributed by atoms with Crippen molar-refractivity contribution >= 4 is 57.2 Å². The van der Waals surface area contributed by atoms with Crippen molar-refractivity contribution in [2.75, 3.05) is 0 Å². The van der Waals surface area contributed by atoms with Crippen molar-refractivity contribution in [3.05, 3.63) is 112 Å². The lowest BCUT2D eigenvalue weighted by Crippen LogP contribution is -2.28.